The third-order valence-electron chi connectivity index (χ3n) is 6.51. The van der Waals surface area contributed by atoms with E-state index in [0.29, 0.717) is 22.3 Å². The van der Waals surface area contributed by atoms with Crippen LogP contribution in [0.3, 0.4) is 0 Å². The summed E-state index contributed by atoms with van der Waals surface area (Å²) in [7, 11) is -8.63. The van der Waals surface area contributed by atoms with E-state index in [0.717, 1.165) is 11.1 Å². The van der Waals surface area contributed by atoms with Gasteiger partial charge in [0.05, 0.1) is 0 Å². The molecule has 0 heterocycles. The van der Waals surface area contributed by atoms with Crippen LogP contribution >= 0.6 is 14.7 Å². The van der Waals surface area contributed by atoms with Crippen LogP contribution in [0.15, 0.2) is 84.9 Å². The summed E-state index contributed by atoms with van der Waals surface area (Å²) in [6.45, 7) is 10.9. The van der Waals surface area contributed by atoms with Gasteiger partial charge in [0.1, 0.15) is 14.7 Å². The molecule has 0 N–H and O–H groups in total. The Morgan fingerprint density at radius 1 is 0.512 bits per heavy atom. The van der Waals surface area contributed by atoms with Crippen LogP contribution in [-0.2, 0) is 9.13 Å². The van der Waals surface area contributed by atoms with Gasteiger partial charge >= 0.3 is 37.7 Å². The molecule has 0 radical (unpaired) electrons. The van der Waals surface area contributed by atoms with E-state index < -0.39 is 25.8 Å². The molecule has 0 spiro atoms. The average molecular weight is 615 g/mol. The quantitative estimate of drug-likeness (QED) is 0.222. The topological polar surface area (TPSA) is 114 Å². The van der Waals surface area contributed by atoms with Gasteiger partial charge in [0.2, 0.25) is 11.0 Å². The molecule has 41 heavy (non-hydrogen) atoms. The molecule has 4 aromatic rings. The Morgan fingerprint density at radius 2 is 0.756 bits per heavy atom. The summed E-state index contributed by atoms with van der Waals surface area (Å²) in [6, 6.07) is 23.0. The van der Waals surface area contributed by atoms with Gasteiger partial charge in [-0.15, -0.1) is 0 Å². The summed E-state index contributed by atoms with van der Waals surface area (Å²) in [5.41, 5.74) is 3.76. The van der Waals surface area contributed by atoms with E-state index in [4.69, 9.17) is 0 Å². The number of rotatable bonds is 6. The van der Waals surface area contributed by atoms with E-state index in [1.54, 1.807) is 64.1 Å². The fourth-order valence-electron chi connectivity index (χ4n) is 4.81. The average Bonchev–Trinajstić information content (AvgIpc) is 2.88. The third kappa shape index (κ3) is 8.03. The van der Waals surface area contributed by atoms with Crippen LogP contribution in [0.1, 0.15) is 54.1 Å². The summed E-state index contributed by atoms with van der Waals surface area (Å²) in [5, 5.41) is 0.119. The van der Waals surface area contributed by atoms with Crippen molar-refractivity contribution in [2.45, 2.75) is 41.5 Å². The number of hydrogen-bond donors (Lipinski definition) is 0. The molecule has 0 fully saturated rings. The summed E-state index contributed by atoms with van der Waals surface area (Å²) < 4.78 is 24.8. The monoisotopic (exact) mass is 614 g/mol. The van der Waals surface area contributed by atoms with Crippen LogP contribution in [0.25, 0.3) is 0 Å². The van der Waals surface area contributed by atoms with Crippen molar-refractivity contribution in [3.05, 3.63) is 129 Å². The molecule has 2 unspecified atom stereocenters. The van der Waals surface area contributed by atoms with Crippen LogP contribution in [0, 0.1) is 41.5 Å². The van der Waals surface area contributed by atoms with Gasteiger partial charge in [-0.05, 0) is 63.8 Å². The SMILES string of the molecule is Cc1cc(C)c(C(=O)P(=O)([O-])c2ccccc2)c(C)c1.Cc1cc(C)c(C(=O)P(=O)([O-])c2ccccc2)c(C)c1.[Ca+2]. The molecule has 0 saturated carbocycles. The normalized spacial score (nSPS) is 13.5. The van der Waals surface area contributed by atoms with Gasteiger partial charge < -0.3 is 18.9 Å². The number of hydrogen-bond acceptors (Lipinski definition) is 6. The summed E-state index contributed by atoms with van der Waals surface area (Å²) in [6.07, 6.45) is 0. The van der Waals surface area contributed by atoms with Crippen LogP contribution in [0.5, 0.6) is 0 Å². The first kappa shape index (κ1) is 35.1. The second-order valence-electron chi connectivity index (χ2n) is 9.93. The summed E-state index contributed by atoms with van der Waals surface area (Å²) in [5.74, 6) is 0. The Bertz CT molecular complexity index is 1500. The van der Waals surface area contributed by atoms with Crippen molar-refractivity contribution in [2.24, 2.45) is 0 Å². The molecule has 9 heteroatoms. The van der Waals surface area contributed by atoms with Crippen LogP contribution in [0.2, 0.25) is 0 Å². The molecule has 0 aromatic heterocycles. The molecular weight excluding hydrogens is 582 g/mol. The molecule has 0 bridgehead atoms. The maximum atomic E-state index is 12.4. The fraction of sp³-hybridized carbons (Fsp3) is 0.188. The molecule has 0 aliphatic heterocycles. The van der Waals surface area contributed by atoms with Crippen molar-refractivity contribution < 1.29 is 28.5 Å². The predicted molar refractivity (Wildman–Crippen MR) is 163 cm³/mol. The van der Waals surface area contributed by atoms with Crippen molar-refractivity contribution in [1.29, 1.82) is 0 Å². The van der Waals surface area contributed by atoms with E-state index >= 15 is 0 Å². The molecule has 6 nitrogen and oxygen atoms in total. The molecule has 4 aromatic carbocycles. The van der Waals surface area contributed by atoms with Gasteiger partial charge in [-0.3, -0.25) is 9.59 Å². The van der Waals surface area contributed by atoms with Crippen LogP contribution in [0.4, 0.5) is 0 Å². The second-order valence-corrected chi connectivity index (χ2v) is 14.0. The minimum Gasteiger partial charge on any atom is -0.790 e. The summed E-state index contributed by atoms with van der Waals surface area (Å²) in [4.78, 5) is 49.7. The minimum absolute atomic E-state index is 0. The first-order valence-corrected chi connectivity index (χ1v) is 15.9. The molecule has 0 aliphatic carbocycles. The zero-order valence-corrected chi connectivity index (χ0v) is 28.1. The Labute approximate surface area is 271 Å². The first-order valence-electron chi connectivity index (χ1n) is 12.7. The van der Waals surface area contributed by atoms with Crippen LogP contribution < -0.4 is 20.4 Å². The summed E-state index contributed by atoms with van der Waals surface area (Å²) >= 11 is 0. The maximum absolute atomic E-state index is 12.4. The Kier molecular flexibility index (Phi) is 12.3. The van der Waals surface area contributed by atoms with E-state index in [9.17, 15) is 28.5 Å². The minimum atomic E-state index is -4.32. The Balaban J connectivity index is 0.000000280. The number of carbonyl (C=O) groups excluding carboxylic acids is 2. The molecular formula is C32H32CaO6P2. The smallest absolute Gasteiger partial charge is 0.790 e. The van der Waals surface area contributed by atoms with Crippen molar-refractivity contribution in [3.8, 4) is 0 Å². The van der Waals surface area contributed by atoms with Crippen molar-refractivity contribution in [3.63, 3.8) is 0 Å². The largest absolute Gasteiger partial charge is 2.00 e. The van der Waals surface area contributed by atoms with Gasteiger partial charge in [0.25, 0.3) is 0 Å². The van der Waals surface area contributed by atoms with Crippen molar-refractivity contribution in [1.82, 2.24) is 0 Å². The standard InChI is InChI=1S/2C16H17O3P.Ca/c2*1-11-9-12(2)15(13(3)10-11)16(17)20(18,19)14-7-5-4-6-8-14;/h2*4-10H,1-3H3,(H,18,19);/q;;+2/p-2. The third-order valence-corrected chi connectivity index (χ3v) is 9.98. The predicted octanol–water partition coefficient (Wildman–Crippen LogP) is 5.05. The van der Waals surface area contributed by atoms with Gasteiger partial charge in [0.15, 0.2) is 0 Å². The zero-order valence-electron chi connectivity index (χ0n) is 24.1. The van der Waals surface area contributed by atoms with Gasteiger partial charge in [0, 0.05) is 21.7 Å². The molecule has 0 saturated heterocycles. The Morgan fingerprint density at radius 3 is 1.00 bits per heavy atom. The first-order chi connectivity index (χ1) is 18.7. The number of carbonyl (C=O) groups is 2. The van der Waals surface area contributed by atoms with E-state index in [1.165, 1.54) is 24.3 Å². The van der Waals surface area contributed by atoms with Gasteiger partial charge in [-0.25, -0.2) is 0 Å². The van der Waals surface area contributed by atoms with E-state index in [1.807, 2.05) is 38.1 Å². The molecule has 208 valence electrons. The molecule has 2 atom stereocenters. The van der Waals surface area contributed by atoms with Crippen LogP contribution in [-0.4, -0.2) is 48.8 Å². The Hall–Kier alpha value is -2.14. The van der Waals surface area contributed by atoms with Gasteiger partial charge in [-0.1, -0.05) is 96.1 Å². The fourth-order valence-corrected chi connectivity index (χ4v) is 7.70. The zero-order chi connectivity index (χ0) is 29.8. The number of aryl methyl sites for hydroxylation is 6. The molecule has 0 amide bonds. The van der Waals surface area contributed by atoms with Gasteiger partial charge in [-0.2, -0.15) is 0 Å². The number of benzene rings is 4. The molecule has 0 aliphatic rings. The maximum Gasteiger partial charge on any atom is 2.00 e. The molecule has 4 rings (SSSR count). The van der Waals surface area contributed by atoms with Crippen molar-refractivity contribution >= 4 is 74.1 Å². The second kappa shape index (κ2) is 14.4. The van der Waals surface area contributed by atoms with E-state index in [2.05, 4.69) is 0 Å². The van der Waals surface area contributed by atoms with Crippen molar-refractivity contribution in [2.75, 3.05) is 0 Å². The van der Waals surface area contributed by atoms with E-state index in [-0.39, 0.29) is 59.5 Å².